The summed E-state index contributed by atoms with van der Waals surface area (Å²) >= 11 is 0. The Hall–Kier alpha value is -1.66. The fraction of sp³-hybridized carbons (Fsp3) is 0.480. The number of aromatic hydroxyl groups is 1. The quantitative estimate of drug-likeness (QED) is 0.309. The summed E-state index contributed by atoms with van der Waals surface area (Å²) in [6, 6.07) is 12.2. The topological polar surface area (TPSA) is 37.3 Å². The molecule has 2 unspecified atom stereocenters. The highest BCUT2D eigenvalue weighted by Crippen LogP contribution is 2.50. The summed E-state index contributed by atoms with van der Waals surface area (Å²) in [7, 11) is 0.424. The summed E-state index contributed by atoms with van der Waals surface area (Å²) in [6.07, 6.45) is 5.39. The van der Waals surface area contributed by atoms with Gasteiger partial charge in [0, 0.05) is 16.3 Å². The van der Waals surface area contributed by atoms with Crippen LogP contribution < -0.4 is 5.30 Å². The second-order valence-electron chi connectivity index (χ2n) is 9.06. The molecule has 2 aromatic carbocycles. The maximum absolute atomic E-state index is 11.6. The molecule has 2 rings (SSSR count). The molecule has 1 N–H and O–H groups in total. The zero-order valence-corrected chi connectivity index (χ0v) is 19.2. The van der Waals surface area contributed by atoms with Gasteiger partial charge in [0.05, 0.1) is 0 Å². The molecule has 3 heteroatoms. The Morgan fingerprint density at radius 2 is 1.75 bits per heavy atom. The summed E-state index contributed by atoms with van der Waals surface area (Å²) in [5.74, 6) is 0.406. The zero-order chi connectivity index (χ0) is 20.9. The van der Waals surface area contributed by atoms with Crippen molar-refractivity contribution in [2.75, 3.05) is 0 Å². The van der Waals surface area contributed by atoms with Crippen LogP contribution in [0.5, 0.6) is 5.75 Å². The van der Waals surface area contributed by atoms with Gasteiger partial charge < -0.3 is 5.11 Å². The van der Waals surface area contributed by atoms with E-state index in [4.69, 9.17) is 0 Å². The van der Waals surface area contributed by atoms with Crippen LogP contribution in [0.4, 0.5) is 0 Å². The van der Waals surface area contributed by atoms with Crippen molar-refractivity contribution in [2.45, 2.75) is 77.8 Å². The Bertz CT molecular complexity index is 820. The lowest BCUT2D eigenvalue weighted by Gasteiger charge is -2.34. The summed E-state index contributed by atoms with van der Waals surface area (Å²) in [4.78, 5) is 11.6. The van der Waals surface area contributed by atoms with Crippen LogP contribution in [-0.4, -0.2) is 11.4 Å². The normalized spacial score (nSPS) is 14.4. The van der Waals surface area contributed by atoms with Gasteiger partial charge in [0.1, 0.15) is 5.75 Å². The molecule has 0 aliphatic rings. The monoisotopic (exact) mass is 398 g/mol. The highest BCUT2D eigenvalue weighted by Gasteiger charge is 2.32. The lowest BCUT2D eigenvalue weighted by Crippen LogP contribution is -2.23. The van der Waals surface area contributed by atoms with E-state index in [0.29, 0.717) is 14.3 Å². The largest absolute Gasteiger partial charge is 0.507 e. The van der Waals surface area contributed by atoms with Gasteiger partial charge >= 0.3 is 0 Å². The van der Waals surface area contributed by atoms with E-state index in [2.05, 4.69) is 52.8 Å². The fourth-order valence-electron chi connectivity index (χ4n) is 3.64. The van der Waals surface area contributed by atoms with Gasteiger partial charge in [-0.25, -0.2) is 0 Å². The summed E-state index contributed by atoms with van der Waals surface area (Å²) in [6.45, 7) is 13.1. The highest BCUT2D eigenvalue weighted by molar-refractivity contribution is 7.48. The van der Waals surface area contributed by atoms with Gasteiger partial charge in [-0.2, -0.15) is 0 Å². The van der Waals surface area contributed by atoms with E-state index in [1.165, 1.54) is 12.0 Å². The minimum Gasteiger partial charge on any atom is -0.507 e. The number of rotatable bonds is 8. The third-order valence-corrected chi connectivity index (χ3v) is 7.34. The minimum absolute atomic E-state index is 0.0152. The molecule has 0 aliphatic heterocycles. The first-order valence-electron chi connectivity index (χ1n) is 10.3. The smallest absolute Gasteiger partial charge is 0.150 e. The first-order chi connectivity index (χ1) is 13.1. The van der Waals surface area contributed by atoms with Gasteiger partial charge in [-0.05, 0) is 35.2 Å². The number of carbonyl (C=O) groups is 1. The van der Waals surface area contributed by atoms with Gasteiger partial charge in [-0.1, -0.05) is 98.9 Å². The number of unbranched alkanes of at least 4 members (excludes halogenated alkanes) is 2. The van der Waals surface area contributed by atoms with Crippen molar-refractivity contribution in [3.8, 4) is 5.75 Å². The predicted molar refractivity (Wildman–Crippen MR) is 123 cm³/mol. The maximum atomic E-state index is 11.6. The average Bonchev–Trinajstić information content (AvgIpc) is 2.63. The Labute approximate surface area is 172 Å². The van der Waals surface area contributed by atoms with Crippen LogP contribution in [0.2, 0.25) is 0 Å². The van der Waals surface area contributed by atoms with Crippen molar-refractivity contribution in [2.24, 2.45) is 0 Å². The number of benzene rings is 2. The third-order valence-electron chi connectivity index (χ3n) is 5.54. The summed E-state index contributed by atoms with van der Waals surface area (Å²) in [5.41, 5.74) is 3.96. The second-order valence-corrected chi connectivity index (χ2v) is 11.0. The van der Waals surface area contributed by atoms with Gasteiger partial charge in [0.2, 0.25) is 0 Å². The molecule has 28 heavy (non-hydrogen) atoms. The number of aryl methyl sites for hydroxylation is 1. The van der Waals surface area contributed by atoms with E-state index >= 15 is 0 Å². The van der Waals surface area contributed by atoms with E-state index in [-0.39, 0.29) is 10.6 Å². The molecule has 152 valence electrons. The molecule has 0 heterocycles. The lowest BCUT2D eigenvalue weighted by molar-refractivity contribution is 0.112. The van der Waals surface area contributed by atoms with Crippen LogP contribution in [0, 0.1) is 6.92 Å². The lowest BCUT2D eigenvalue weighted by atomic mass is 9.82. The Morgan fingerprint density at radius 3 is 2.36 bits per heavy atom. The fourth-order valence-corrected chi connectivity index (χ4v) is 5.32. The molecule has 0 saturated heterocycles. The van der Waals surface area contributed by atoms with E-state index in [1.807, 2.05) is 25.1 Å². The molecular weight excluding hydrogens is 363 g/mol. The van der Waals surface area contributed by atoms with Crippen LogP contribution >= 0.6 is 8.58 Å². The van der Waals surface area contributed by atoms with Crippen molar-refractivity contribution in [1.82, 2.24) is 0 Å². The van der Waals surface area contributed by atoms with E-state index < -0.39 is 0 Å². The number of phenolic OH excluding ortho intramolecular Hbond substituents is 1. The number of hydrogen-bond acceptors (Lipinski definition) is 2. The van der Waals surface area contributed by atoms with Crippen molar-refractivity contribution in [3.63, 3.8) is 0 Å². The highest BCUT2D eigenvalue weighted by atomic mass is 31.1. The predicted octanol–water partition coefficient (Wildman–Crippen LogP) is 6.61. The maximum Gasteiger partial charge on any atom is 0.150 e. The molecule has 0 fully saturated rings. The van der Waals surface area contributed by atoms with Crippen LogP contribution in [0.3, 0.4) is 0 Å². The Morgan fingerprint density at radius 1 is 1.07 bits per heavy atom. The Kier molecular flexibility index (Phi) is 7.46. The molecule has 0 aromatic heterocycles. The van der Waals surface area contributed by atoms with E-state index in [0.717, 1.165) is 47.5 Å². The van der Waals surface area contributed by atoms with Crippen molar-refractivity contribution < 1.29 is 9.90 Å². The summed E-state index contributed by atoms with van der Waals surface area (Å²) < 4.78 is 0. The van der Waals surface area contributed by atoms with Gasteiger partial charge in [0.15, 0.2) is 6.29 Å². The first kappa shape index (κ1) is 22.6. The number of carbonyl (C=O) groups excluding carboxylic acids is 1. The van der Waals surface area contributed by atoms with Gasteiger partial charge in [-0.3, -0.25) is 4.79 Å². The van der Waals surface area contributed by atoms with Crippen LogP contribution in [-0.2, 0) is 10.6 Å². The molecule has 2 nitrogen and oxygen atoms in total. The van der Waals surface area contributed by atoms with Crippen molar-refractivity contribution >= 4 is 20.2 Å². The molecule has 0 aliphatic carbocycles. The minimum atomic E-state index is -0.204. The molecule has 2 aromatic rings. The number of hydrogen-bond donors (Lipinski definition) is 1. The average molecular weight is 399 g/mol. The van der Waals surface area contributed by atoms with Crippen molar-refractivity contribution in [3.05, 3.63) is 58.7 Å². The molecule has 0 amide bonds. The zero-order valence-electron chi connectivity index (χ0n) is 18.2. The number of aldehydes is 1. The van der Waals surface area contributed by atoms with Crippen LogP contribution in [0.1, 0.15) is 87.4 Å². The molecule has 0 bridgehead atoms. The summed E-state index contributed by atoms with van der Waals surface area (Å²) in [5, 5.41) is 11.9. The Balaban J connectivity index is 2.59. The standard InChI is InChI=1S/C25H35O2P/c1-7-8-11-14-25(6,28-22-13-10-9-12-19(22)17-26)21-16-20(24(3,4)5)15-18(2)23(21)27/h9-10,12-13,15-17,27-28H,7-8,11,14H2,1-6H3. The van der Waals surface area contributed by atoms with E-state index in [9.17, 15) is 9.90 Å². The molecule has 0 saturated carbocycles. The molecule has 0 radical (unpaired) electrons. The van der Waals surface area contributed by atoms with Gasteiger partial charge in [0.25, 0.3) is 0 Å². The van der Waals surface area contributed by atoms with Crippen LogP contribution in [0.15, 0.2) is 36.4 Å². The molecular formula is C25H35O2P. The SMILES string of the molecule is CCCCCC(C)(Pc1ccccc1C=O)c1cc(C(C)(C)C)cc(C)c1O. The molecule has 0 spiro atoms. The van der Waals surface area contributed by atoms with Crippen molar-refractivity contribution in [1.29, 1.82) is 0 Å². The third kappa shape index (κ3) is 5.23. The van der Waals surface area contributed by atoms with Gasteiger partial charge in [-0.15, -0.1) is 0 Å². The number of phenols is 1. The second kappa shape index (κ2) is 9.23. The molecule has 2 atom stereocenters. The van der Waals surface area contributed by atoms with E-state index in [1.54, 1.807) is 0 Å². The van der Waals surface area contributed by atoms with Crippen LogP contribution in [0.25, 0.3) is 0 Å². The first-order valence-corrected chi connectivity index (χ1v) is 11.3.